The van der Waals surface area contributed by atoms with Gasteiger partial charge in [-0.15, -0.1) is 0 Å². The summed E-state index contributed by atoms with van der Waals surface area (Å²) < 4.78 is 5.96. The van der Waals surface area contributed by atoms with Crippen LogP contribution >= 0.6 is 15.9 Å². The molecule has 1 aromatic carbocycles. The van der Waals surface area contributed by atoms with Gasteiger partial charge < -0.3 is 24.6 Å². The first-order valence-corrected chi connectivity index (χ1v) is 11.9. The van der Waals surface area contributed by atoms with Crippen molar-refractivity contribution in [1.29, 1.82) is 0 Å². The number of aliphatic hydroxyl groups excluding tert-OH is 1. The van der Waals surface area contributed by atoms with E-state index in [-0.39, 0.29) is 23.6 Å². The Morgan fingerprint density at radius 3 is 2.44 bits per heavy atom. The third-order valence-corrected chi connectivity index (χ3v) is 6.41. The van der Waals surface area contributed by atoms with Crippen molar-refractivity contribution in [2.75, 3.05) is 33.8 Å². The van der Waals surface area contributed by atoms with Gasteiger partial charge in [-0.05, 0) is 71.1 Å². The molecular weight excluding hydrogens is 502 g/mol. The minimum absolute atomic E-state index is 0.0118. The highest BCUT2D eigenvalue weighted by Crippen LogP contribution is 2.41. The Bertz CT molecular complexity index is 1130. The van der Waals surface area contributed by atoms with Crippen LogP contribution in [0.15, 0.2) is 34.3 Å². The third kappa shape index (κ3) is 4.95. The van der Waals surface area contributed by atoms with Crippen molar-refractivity contribution in [2.45, 2.75) is 33.2 Å². The van der Waals surface area contributed by atoms with Crippen LogP contribution in [0.1, 0.15) is 52.3 Å². The zero-order chi connectivity index (χ0) is 25.2. The van der Waals surface area contributed by atoms with E-state index < -0.39 is 23.7 Å². The fourth-order valence-electron chi connectivity index (χ4n) is 4.31. The molecule has 0 unspecified atom stereocenters. The molecule has 1 aromatic heterocycles. The predicted octanol–water partition coefficient (Wildman–Crippen LogP) is 3.94. The summed E-state index contributed by atoms with van der Waals surface area (Å²) in [6.45, 7) is 6.40. The minimum atomic E-state index is -0.743. The maximum Gasteiger partial charge on any atom is 0.355 e. The summed E-state index contributed by atoms with van der Waals surface area (Å²) in [5, 5.41) is 11.4. The molecule has 0 aliphatic carbocycles. The summed E-state index contributed by atoms with van der Waals surface area (Å²) >= 11 is 3.42. The molecule has 3 rings (SSSR count). The van der Waals surface area contributed by atoms with Crippen molar-refractivity contribution in [1.82, 2.24) is 14.8 Å². The van der Waals surface area contributed by atoms with Crippen LogP contribution in [0.25, 0.3) is 5.76 Å². The van der Waals surface area contributed by atoms with E-state index in [1.54, 1.807) is 20.8 Å². The Labute approximate surface area is 207 Å². The number of H-pyrrole nitrogens is 1. The normalized spacial score (nSPS) is 17.6. The summed E-state index contributed by atoms with van der Waals surface area (Å²) in [5.74, 6) is -2.24. The van der Waals surface area contributed by atoms with Crippen molar-refractivity contribution in [2.24, 2.45) is 0 Å². The van der Waals surface area contributed by atoms with Gasteiger partial charge in [0.05, 0.1) is 18.2 Å². The van der Waals surface area contributed by atoms with Crippen LogP contribution in [0.4, 0.5) is 0 Å². The number of Topliss-reactive ketones (excluding diaryl/α,β-unsaturated/α-hetero) is 1. The molecule has 1 aliphatic rings. The van der Waals surface area contributed by atoms with Crippen LogP contribution in [0.3, 0.4) is 0 Å². The van der Waals surface area contributed by atoms with Gasteiger partial charge in [0.15, 0.2) is 0 Å². The van der Waals surface area contributed by atoms with Crippen molar-refractivity contribution in [3.63, 3.8) is 0 Å². The molecule has 0 bridgehead atoms. The van der Waals surface area contributed by atoms with E-state index in [1.165, 1.54) is 4.90 Å². The van der Waals surface area contributed by atoms with E-state index in [9.17, 15) is 19.5 Å². The van der Waals surface area contributed by atoms with E-state index in [4.69, 9.17) is 4.74 Å². The number of hydrogen-bond donors (Lipinski definition) is 2. The Hall–Kier alpha value is -2.91. The standard InChI is InChI=1S/C25H30BrN3O5/c1-6-34-25(33)20-14(2)18(15(3)27-20)22(30)19-21(16-8-10-17(26)11-9-16)29(24(32)23(19)31)13-7-12-28(4)5/h8-11,21,27,30H,6-7,12-13H2,1-5H3/b22-19+/t21-/m1/s1. The number of aromatic nitrogens is 1. The van der Waals surface area contributed by atoms with Gasteiger partial charge in [0, 0.05) is 22.3 Å². The summed E-state index contributed by atoms with van der Waals surface area (Å²) in [6, 6.07) is 6.58. The molecule has 0 radical (unpaired) electrons. The molecule has 1 saturated heterocycles. The van der Waals surface area contributed by atoms with E-state index in [2.05, 4.69) is 20.9 Å². The molecule has 2 heterocycles. The number of aryl methyl sites for hydroxylation is 1. The van der Waals surface area contributed by atoms with Gasteiger partial charge >= 0.3 is 5.97 Å². The van der Waals surface area contributed by atoms with Crippen LogP contribution in [-0.2, 0) is 14.3 Å². The number of carbonyl (C=O) groups is 3. The molecule has 34 heavy (non-hydrogen) atoms. The van der Waals surface area contributed by atoms with Gasteiger partial charge in [-0.25, -0.2) is 4.79 Å². The van der Waals surface area contributed by atoms with Crippen LogP contribution < -0.4 is 0 Å². The zero-order valence-corrected chi connectivity index (χ0v) is 21.7. The second kappa shape index (κ2) is 10.6. The van der Waals surface area contributed by atoms with Gasteiger partial charge in [0.1, 0.15) is 11.5 Å². The number of nitrogens with zero attached hydrogens (tertiary/aromatic N) is 2. The lowest BCUT2D eigenvalue weighted by Crippen LogP contribution is -2.32. The minimum Gasteiger partial charge on any atom is -0.507 e. The van der Waals surface area contributed by atoms with Crippen molar-refractivity contribution in [3.8, 4) is 0 Å². The molecule has 8 nitrogen and oxygen atoms in total. The lowest BCUT2D eigenvalue weighted by atomic mass is 9.94. The number of rotatable bonds is 8. The molecule has 0 saturated carbocycles. The highest BCUT2D eigenvalue weighted by molar-refractivity contribution is 9.10. The Morgan fingerprint density at radius 2 is 1.85 bits per heavy atom. The second-order valence-electron chi connectivity index (χ2n) is 8.55. The van der Waals surface area contributed by atoms with Gasteiger partial charge in [-0.1, -0.05) is 28.1 Å². The number of esters is 1. The number of nitrogens with one attached hydrogen (secondary N) is 1. The summed E-state index contributed by atoms with van der Waals surface area (Å²) in [6.07, 6.45) is 0.669. The first kappa shape index (κ1) is 25.7. The van der Waals surface area contributed by atoms with Crippen molar-refractivity contribution >= 4 is 39.3 Å². The number of amides is 1. The van der Waals surface area contributed by atoms with Crippen molar-refractivity contribution in [3.05, 3.63) is 62.4 Å². The topological polar surface area (TPSA) is 103 Å². The maximum absolute atomic E-state index is 13.2. The number of benzene rings is 1. The number of likely N-dealkylation sites (tertiary alicyclic amines) is 1. The van der Waals surface area contributed by atoms with Crippen LogP contribution in [0, 0.1) is 13.8 Å². The molecule has 1 amide bonds. The Morgan fingerprint density at radius 1 is 1.21 bits per heavy atom. The average Bonchev–Trinajstić information content (AvgIpc) is 3.21. The van der Waals surface area contributed by atoms with Crippen LogP contribution in [0.2, 0.25) is 0 Å². The number of ether oxygens (including phenoxy) is 1. The molecule has 2 N–H and O–H groups in total. The molecule has 1 fully saturated rings. The Kier molecular flexibility index (Phi) is 7.99. The van der Waals surface area contributed by atoms with Crippen LogP contribution in [-0.4, -0.2) is 71.3 Å². The van der Waals surface area contributed by atoms with E-state index in [1.807, 2.05) is 43.3 Å². The molecule has 1 atom stereocenters. The number of aromatic amines is 1. The predicted molar refractivity (Wildman–Crippen MR) is 133 cm³/mol. The lowest BCUT2D eigenvalue weighted by Gasteiger charge is -2.26. The third-order valence-electron chi connectivity index (χ3n) is 5.88. The quantitative estimate of drug-likeness (QED) is 0.231. The monoisotopic (exact) mass is 531 g/mol. The fraction of sp³-hybridized carbons (Fsp3) is 0.400. The highest BCUT2D eigenvalue weighted by atomic mass is 79.9. The molecular formula is C25H30BrN3O5. The van der Waals surface area contributed by atoms with Gasteiger partial charge in [-0.2, -0.15) is 0 Å². The second-order valence-corrected chi connectivity index (χ2v) is 9.46. The number of hydrogen-bond acceptors (Lipinski definition) is 6. The maximum atomic E-state index is 13.2. The molecule has 9 heteroatoms. The zero-order valence-electron chi connectivity index (χ0n) is 20.1. The highest BCUT2D eigenvalue weighted by Gasteiger charge is 2.46. The number of halogens is 1. The molecule has 2 aromatic rings. The smallest absolute Gasteiger partial charge is 0.355 e. The largest absolute Gasteiger partial charge is 0.507 e. The number of aliphatic hydroxyl groups is 1. The first-order chi connectivity index (χ1) is 16.1. The van der Waals surface area contributed by atoms with E-state index >= 15 is 0 Å². The van der Waals surface area contributed by atoms with Gasteiger partial charge in [0.2, 0.25) is 0 Å². The number of ketones is 1. The summed E-state index contributed by atoms with van der Waals surface area (Å²) in [5.41, 5.74) is 2.23. The average molecular weight is 532 g/mol. The fourth-order valence-corrected chi connectivity index (χ4v) is 4.57. The van der Waals surface area contributed by atoms with Crippen molar-refractivity contribution < 1.29 is 24.2 Å². The molecule has 182 valence electrons. The summed E-state index contributed by atoms with van der Waals surface area (Å²) in [4.78, 5) is 45.1. The molecule has 1 aliphatic heterocycles. The lowest BCUT2D eigenvalue weighted by molar-refractivity contribution is -0.139. The molecule has 0 spiro atoms. The van der Waals surface area contributed by atoms with E-state index in [0.29, 0.717) is 35.3 Å². The van der Waals surface area contributed by atoms with Gasteiger partial charge in [-0.3, -0.25) is 9.59 Å². The SMILES string of the molecule is CCOC(=O)c1[nH]c(C)c(/C(O)=C2\C(=O)C(=O)N(CCCN(C)C)[C@@H]2c2ccc(Br)cc2)c1C. The van der Waals surface area contributed by atoms with Crippen LogP contribution in [0.5, 0.6) is 0 Å². The van der Waals surface area contributed by atoms with Gasteiger partial charge in [0.25, 0.3) is 11.7 Å². The summed E-state index contributed by atoms with van der Waals surface area (Å²) in [7, 11) is 3.89. The first-order valence-electron chi connectivity index (χ1n) is 11.1. The number of carbonyl (C=O) groups excluding carboxylic acids is 3. The Balaban J connectivity index is 2.15. The van der Waals surface area contributed by atoms with E-state index in [0.717, 1.165) is 11.0 Å².